The van der Waals surface area contributed by atoms with Gasteiger partial charge in [-0.05, 0) is 25.1 Å². The van der Waals surface area contributed by atoms with Crippen molar-refractivity contribution in [3.05, 3.63) is 23.2 Å². The van der Waals surface area contributed by atoms with Crippen molar-refractivity contribution in [1.29, 1.82) is 0 Å². The van der Waals surface area contributed by atoms with Crippen LogP contribution in [-0.2, 0) is 24.8 Å². The highest BCUT2D eigenvalue weighted by Gasteiger charge is 2.27. The van der Waals surface area contributed by atoms with Gasteiger partial charge in [0.05, 0.1) is 22.7 Å². The minimum Gasteiger partial charge on any atom is -0.480 e. The minimum absolute atomic E-state index is 0.0205. The van der Waals surface area contributed by atoms with Crippen LogP contribution in [0, 0.1) is 0 Å². The molecule has 1 unspecified atom stereocenters. The summed E-state index contributed by atoms with van der Waals surface area (Å²) in [6.45, 7) is 1.02. The Balaban J connectivity index is 3.03. The van der Waals surface area contributed by atoms with E-state index in [-0.39, 0.29) is 16.4 Å². The maximum absolute atomic E-state index is 11.7. The number of anilines is 2. The number of nitrogens with one attached hydrogen (secondary N) is 2. The lowest BCUT2D eigenvalue weighted by atomic mass is 10.3. The Morgan fingerprint density at radius 2 is 1.81 bits per heavy atom. The summed E-state index contributed by atoms with van der Waals surface area (Å²) in [4.78, 5) is 10.7. The van der Waals surface area contributed by atoms with Gasteiger partial charge in [-0.1, -0.05) is 11.6 Å². The quantitative estimate of drug-likeness (QED) is 0.695. The summed E-state index contributed by atoms with van der Waals surface area (Å²) >= 11 is 5.83. The van der Waals surface area contributed by atoms with E-state index >= 15 is 0 Å². The van der Waals surface area contributed by atoms with Gasteiger partial charge in [-0.15, -0.1) is 0 Å². The maximum atomic E-state index is 11.7. The third kappa shape index (κ3) is 5.06. The molecule has 0 aromatic heterocycles. The number of aliphatic carboxylic acids is 1. The van der Waals surface area contributed by atoms with Crippen LogP contribution in [0.5, 0.6) is 0 Å². The zero-order valence-corrected chi connectivity index (χ0v) is 13.4. The minimum atomic E-state index is -4.12. The van der Waals surface area contributed by atoms with Crippen molar-refractivity contribution in [3.63, 3.8) is 0 Å². The van der Waals surface area contributed by atoms with Crippen molar-refractivity contribution in [2.75, 3.05) is 15.7 Å². The predicted molar refractivity (Wildman–Crippen MR) is 79.6 cm³/mol. The summed E-state index contributed by atoms with van der Waals surface area (Å²) < 4.78 is 49.8. The summed E-state index contributed by atoms with van der Waals surface area (Å²) in [6, 6.07) is 3.68. The van der Waals surface area contributed by atoms with Gasteiger partial charge >= 0.3 is 5.97 Å². The molecule has 1 atom stereocenters. The van der Waals surface area contributed by atoms with Crippen LogP contribution in [0.25, 0.3) is 0 Å². The molecule has 0 aliphatic heterocycles. The average Bonchev–Trinajstić information content (AvgIpc) is 2.29. The Morgan fingerprint density at radius 3 is 2.24 bits per heavy atom. The standard InChI is InChI=1S/C10H13ClN2O6S2/c1-6(10(14)15)21(18,19)12-7-3-4-9(8(11)5-7)13-20(2,16)17/h3-6,12-13H,1-2H3,(H,14,15). The molecule has 1 rings (SSSR count). The lowest BCUT2D eigenvalue weighted by Crippen LogP contribution is -2.32. The monoisotopic (exact) mass is 356 g/mol. The van der Waals surface area contributed by atoms with Crippen LogP contribution in [0.1, 0.15) is 6.92 Å². The molecule has 11 heteroatoms. The van der Waals surface area contributed by atoms with E-state index in [2.05, 4.69) is 9.44 Å². The number of hydrogen-bond acceptors (Lipinski definition) is 5. The highest BCUT2D eigenvalue weighted by Crippen LogP contribution is 2.27. The summed E-state index contributed by atoms with van der Waals surface area (Å²) in [5.74, 6) is -1.50. The largest absolute Gasteiger partial charge is 0.480 e. The number of carboxylic acids is 1. The molecular formula is C10H13ClN2O6S2. The molecule has 0 radical (unpaired) electrons. The highest BCUT2D eigenvalue weighted by molar-refractivity contribution is 7.94. The van der Waals surface area contributed by atoms with Crippen molar-refractivity contribution in [3.8, 4) is 0 Å². The molecule has 0 bridgehead atoms. The van der Waals surface area contributed by atoms with Crippen molar-refractivity contribution < 1.29 is 26.7 Å². The van der Waals surface area contributed by atoms with Gasteiger partial charge in [0, 0.05) is 0 Å². The van der Waals surface area contributed by atoms with E-state index in [0.29, 0.717) is 0 Å². The van der Waals surface area contributed by atoms with E-state index < -0.39 is 31.3 Å². The SMILES string of the molecule is CC(C(=O)O)S(=O)(=O)Nc1ccc(NS(C)(=O)=O)c(Cl)c1. The van der Waals surface area contributed by atoms with Crippen LogP contribution >= 0.6 is 11.6 Å². The average molecular weight is 357 g/mol. The van der Waals surface area contributed by atoms with E-state index in [1.807, 2.05) is 0 Å². The van der Waals surface area contributed by atoms with Gasteiger partial charge in [-0.2, -0.15) is 0 Å². The molecule has 0 aliphatic rings. The van der Waals surface area contributed by atoms with E-state index in [4.69, 9.17) is 16.7 Å². The molecule has 1 aromatic carbocycles. The van der Waals surface area contributed by atoms with Crippen molar-refractivity contribution in [2.45, 2.75) is 12.2 Å². The van der Waals surface area contributed by atoms with Crippen LogP contribution in [-0.4, -0.2) is 39.4 Å². The molecular weight excluding hydrogens is 344 g/mol. The first-order valence-electron chi connectivity index (χ1n) is 5.44. The Bertz CT molecular complexity index is 760. The molecule has 8 nitrogen and oxygen atoms in total. The lowest BCUT2D eigenvalue weighted by molar-refractivity contribution is -0.136. The Hall–Kier alpha value is -1.52. The van der Waals surface area contributed by atoms with Crippen molar-refractivity contribution >= 4 is 49.0 Å². The Labute approximate surface area is 127 Å². The number of halogens is 1. The summed E-state index contributed by atoms with van der Waals surface area (Å²) in [5, 5.41) is 7.01. The fraction of sp³-hybridized carbons (Fsp3) is 0.300. The first-order valence-corrected chi connectivity index (χ1v) is 9.26. The lowest BCUT2D eigenvalue weighted by Gasteiger charge is -2.13. The van der Waals surface area contributed by atoms with E-state index in [1.54, 1.807) is 0 Å². The van der Waals surface area contributed by atoms with Gasteiger partial charge in [0.25, 0.3) is 0 Å². The van der Waals surface area contributed by atoms with Crippen LogP contribution in [0.4, 0.5) is 11.4 Å². The normalized spacial score (nSPS) is 13.5. The smallest absolute Gasteiger partial charge is 0.323 e. The second-order valence-corrected chi connectivity index (χ2v) is 8.35. The molecule has 0 fully saturated rings. The molecule has 118 valence electrons. The molecule has 0 aliphatic carbocycles. The third-order valence-corrected chi connectivity index (χ3v) is 4.89. The van der Waals surface area contributed by atoms with Gasteiger partial charge in [0.1, 0.15) is 0 Å². The first-order chi connectivity index (χ1) is 9.42. The number of carboxylic acid groups (broad SMARTS) is 1. The Morgan fingerprint density at radius 1 is 1.24 bits per heavy atom. The fourth-order valence-electron chi connectivity index (χ4n) is 1.25. The summed E-state index contributed by atoms with van der Waals surface area (Å²) in [6.07, 6.45) is 0.939. The molecule has 0 saturated carbocycles. The second-order valence-electron chi connectivity index (χ2n) is 4.20. The highest BCUT2D eigenvalue weighted by atomic mass is 35.5. The summed E-state index contributed by atoms with van der Waals surface area (Å²) in [7, 11) is -7.65. The van der Waals surface area contributed by atoms with Gasteiger partial charge < -0.3 is 5.11 Å². The number of sulfonamides is 2. The molecule has 0 saturated heterocycles. The van der Waals surface area contributed by atoms with Crippen LogP contribution in [0.2, 0.25) is 5.02 Å². The predicted octanol–water partition coefficient (Wildman–Crippen LogP) is 0.926. The molecule has 21 heavy (non-hydrogen) atoms. The van der Waals surface area contributed by atoms with Crippen molar-refractivity contribution in [1.82, 2.24) is 0 Å². The van der Waals surface area contributed by atoms with Gasteiger partial charge in [-0.25, -0.2) is 16.8 Å². The van der Waals surface area contributed by atoms with Gasteiger partial charge in [0.2, 0.25) is 20.0 Å². The fourth-order valence-corrected chi connectivity index (χ4v) is 3.01. The number of carbonyl (C=O) groups is 1. The van der Waals surface area contributed by atoms with Crippen molar-refractivity contribution in [2.24, 2.45) is 0 Å². The van der Waals surface area contributed by atoms with E-state index in [9.17, 15) is 21.6 Å². The maximum Gasteiger partial charge on any atom is 0.323 e. The third-order valence-electron chi connectivity index (χ3n) is 2.34. The number of hydrogen-bond donors (Lipinski definition) is 3. The molecule has 0 spiro atoms. The molecule has 1 aromatic rings. The first kappa shape index (κ1) is 17.5. The van der Waals surface area contributed by atoms with Crippen LogP contribution < -0.4 is 9.44 Å². The Kier molecular flexibility index (Phi) is 5.07. The van der Waals surface area contributed by atoms with E-state index in [0.717, 1.165) is 13.2 Å². The van der Waals surface area contributed by atoms with E-state index in [1.165, 1.54) is 18.2 Å². The zero-order valence-electron chi connectivity index (χ0n) is 11.0. The molecule has 3 N–H and O–H groups in total. The number of rotatable bonds is 6. The molecule has 0 amide bonds. The zero-order chi connectivity index (χ0) is 16.4. The van der Waals surface area contributed by atoms with Crippen LogP contribution in [0.15, 0.2) is 18.2 Å². The van der Waals surface area contributed by atoms with Gasteiger partial charge in [0.15, 0.2) is 5.25 Å². The topological polar surface area (TPSA) is 130 Å². The molecule has 0 heterocycles. The second kappa shape index (κ2) is 6.08. The van der Waals surface area contributed by atoms with Gasteiger partial charge in [-0.3, -0.25) is 14.2 Å². The number of benzene rings is 1. The summed E-state index contributed by atoms with van der Waals surface area (Å²) in [5.41, 5.74) is 0.0977. The van der Waals surface area contributed by atoms with Crippen LogP contribution in [0.3, 0.4) is 0 Å².